The highest BCUT2D eigenvalue weighted by Gasteiger charge is 2.29. The number of likely N-dealkylation sites (tertiary alicyclic amines) is 1. The van der Waals surface area contributed by atoms with Crippen LogP contribution in [0.25, 0.3) is 0 Å². The number of hydrogen-bond acceptors (Lipinski definition) is 2. The van der Waals surface area contributed by atoms with Gasteiger partial charge < -0.3 is 4.90 Å². The fraction of sp³-hybridized carbons (Fsp3) is 0.333. The fourth-order valence-corrected chi connectivity index (χ4v) is 2.96. The summed E-state index contributed by atoms with van der Waals surface area (Å²) in [4.78, 5) is 18.9. The normalized spacial score (nSPS) is 18.0. The number of rotatable bonds is 3. The molecule has 1 aromatic heterocycles. The van der Waals surface area contributed by atoms with E-state index in [1.54, 1.807) is 6.20 Å². The number of aryl methyl sites for hydroxylation is 1. The highest BCUT2D eigenvalue weighted by molar-refractivity contribution is 5.94. The van der Waals surface area contributed by atoms with Gasteiger partial charge in [0.1, 0.15) is 0 Å². The van der Waals surface area contributed by atoms with Crippen LogP contribution in [0.2, 0.25) is 0 Å². The van der Waals surface area contributed by atoms with Crippen LogP contribution < -0.4 is 0 Å². The predicted molar refractivity (Wildman–Crippen MR) is 83.2 cm³/mol. The standard InChI is InChI=1S/C18H20N2O/c1-14-9-10-16(13-19-14)18(21)20-11-5-8-17(20)12-15-6-3-2-4-7-15/h2-4,6-7,9-10,13,17H,5,8,11-12H2,1H3. The molecular formula is C18H20N2O. The van der Waals surface area contributed by atoms with Gasteiger partial charge in [0.05, 0.1) is 5.56 Å². The molecule has 0 radical (unpaired) electrons. The maximum absolute atomic E-state index is 12.6. The lowest BCUT2D eigenvalue weighted by Crippen LogP contribution is -2.36. The molecular weight excluding hydrogens is 260 g/mol. The molecule has 21 heavy (non-hydrogen) atoms. The molecule has 2 aromatic rings. The van der Waals surface area contributed by atoms with E-state index < -0.39 is 0 Å². The van der Waals surface area contributed by atoms with Crippen LogP contribution in [0.5, 0.6) is 0 Å². The van der Waals surface area contributed by atoms with E-state index in [1.807, 2.05) is 30.0 Å². The lowest BCUT2D eigenvalue weighted by atomic mass is 10.0. The SMILES string of the molecule is Cc1ccc(C(=O)N2CCCC2Cc2ccccc2)cn1. The molecule has 1 unspecified atom stereocenters. The number of nitrogens with zero attached hydrogens (tertiary/aromatic N) is 2. The number of amides is 1. The van der Waals surface area contributed by atoms with E-state index in [0.29, 0.717) is 11.6 Å². The second-order valence-electron chi connectivity index (χ2n) is 5.67. The molecule has 0 aliphatic carbocycles. The van der Waals surface area contributed by atoms with E-state index in [-0.39, 0.29) is 5.91 Å². The summed E-state index contributed by atoms with van der Waals surface area (Å²) in [5, 5.41) is 0. The van der Waals surface area contributed by atoms with Gasteiger partial charge in [-0.3, -0.25) is 9.78 Å². The molecule has 108 valence electrons. The second kappa shape index (κ2) is 6.08. The van der Waals surface area contributed by atoms with Gasteiger partial charge in [-0.25, -0.2) is 0 Å². The fourth-order valence-electron chi connectivity index (χ4n) is 2.96. The van der Waals surface area contributed by atoms with Gasteiger partial charge in [0.15, 0.2) is 0 Å². The largest absolute Gasteiger partial charge is 0.335 e. The Morgan fingerprint density at radius 1 is 1.24 bits per heavy atom. The number of benzene rings is 1. The van der Waals surface area contributed by atoms with Crippen molar-refractivity contribution in [2.75, 3.05) is 6.54 Å². The summed E-state index contributed by atoms with van der Waals surface area (Å²) in [6.45, 7) is 2.78. The smallest absolute Gasteiger partial charge is 0.255 e. The quantitative estimate of drug-likeness (QED) is 0.864. The number of carbonyl (C=O) groups excluding carboxylic acids is 1. The molecule has 1 atom stereocenters. The van der Waals surface area contributed by atoms with E-state index >= 15 is 0 Å². The zero-order valence-corrected chi connectivity index (χ0v) is 12.3. The average molecular weight is 280 g/mol. The first-order valence-corrected chi connectivity index (χ1v) is 7.51. The Balaban J connectivity index is 1.74. The first kappa shape index (κ1) is 13.8. The minimum atomic E-state index is 0.112. The summed E-state index contributed by atoms with van der Waals surface area (Å²) in [5.74, 6) is 0.112. The van der Waals surface area contributed by atoms with Gasteiger partial charge in [-0.15, -0.1) is 0 Å². The van der Waals surface area contributed by atoms with Crippen LogP contribution in [-0.2, 0) is 6.42 Å². The highest BCUT2D eigenvalue weighted by atomic mass is 16.2. The third kappa shape index (κ3) is 3.13. The lowest BCUT2D eigenvalue weighted by Gasteiger charge is -2.25. The Morgan fingerprint density at radius 2 is 2.05 bits per heavy atom. The topological polar surface area (TPSA) is 33.2 Å². The van der Waals surface area contributed by atoms with E-state index in [1.165, 1.54) is 5.56 Å². The maximum Gasteiger partial charge on any atom is 0.255 e. The van der Waals surface area contributed by atoms with Crippen molar-refractivity contribution >= 4 is 5.91 Å². The van der Waals surface area contributed by atoms with Gasteiger partial charge in [0.2, 0.25) is 0 Å². The Labute approximate surface area is 125 Å². The average Bonchev–Trinajstić information content (AvgIpc) is 2.96. The van der Waals surface area contributed by atoms with E-state index in [2.05, 4.69) is 29.2 Å². The monoisotopic (exact) mass is 280 g/mol. The van der Waals surface area contributed by atoms with Crippen LogP contribution in [0.3, 0.4) is 0 Å². The third-order valence-corrected chi connectivity index (χ3v) is 4.11. The first-order chi connectivity index (χ1) is 10.2. The van der Waals surface area contributed by atoms with E-state index in [4.69, 9.17) is 0 Å². The number of aromatic nitrogens is 1. The Morgan fingerprint density at radius 3 is 2.76 bits per heavy atom. The van der Waals surface area contributed by atoms with Gasteiger partial charge in [0, 0.05) is 24.5 Å². The highest BCUT2D eigenvalue weighted by Crippen LogP contribution is 2.23. The Hall–Kier alpha value is -2.16. The molecule has 1 aromatic carbocycles. The van der Waals surface area contributed by atoms with Crippen LogP contribution in [-0.4, -0.2) is 28.4 Å². The van der Waals surface area contributed by atoms with Crippen molar-refractivity contribution in [2.45, 2.75) is 32.2 Å². The molecule has 0 spiro atoms. The molecule has 3 nitrogen and oxygen atoms in total. The van der Waals surface area contributed by atoms with Gasteiger partial charge in [-0.2, -0.15) is 0 Å². The zero-order valence-electron chi connectivity index (χ0n) is 12.3. The molecule has 1 saturated heterocycles. The summed E-state index contributed by atoms with van der Waals surface area (Å²) >= 11 is 0. The zero-order chi connectivity index (χ0) is 14.7. The van der Waals surface area contributed by atoms with Crippen molar-refractivity contribution in [1.29, 1.82) is 0 Å². The summed E-state index contributed by atoms with van der Waals surface area (Å²) in [6.07, 6.45) is 4.80. The summed E-state index contributed by atoms with van der Waals surface area (Å²) in [5.41, 5.74) is 2.93. The molecule has 3 rings (SSSR count). The van der Waals surface area contributed by atoms with Crippen LogP contribution in [0.4, 0.5) is 0 Å². The van der Waals surface area contributed by atoms with Crippen molar-refractivity contribution in [3.8, 4) is 0 Å². The number of carbonyl (C=O) groups is 1. The van der Waals surface area contributed by atoms with Crippen LogP contribution in [0.1, 0.15) is 34.5 Å². The molecule has 0 bridgehead atoms. The Bertz CT molecular complexity index is 607. The van der Waals surface area contributed by atoms with E-state index in [0.717, 1.165) is 31.5 Å². The predicted octanol–water partition coefficient (Wildman–Crippen LogP) is 3.24. The molecule has 1 aliphatic rings. The lowest BCUT2D eigenvalue weighted by molar-refractivity contribution is 0.0736. The third-order valence-electron chi connectivity index (χ3n) is 4.11. The van der Waals surface area contributed by atoms with Crippen LogP contribution >= 0.6 is 0 Å². The van der Waals surface area contributed by atoms with Gasteiger partial charge >= 0.3 is 0 Å². The maximum atomic E-state index is 12.6. The molecule has 3 heteroatoms. The van der Waals surface area contributed by atoms with Crippen molar-refractivity contribution in [1.82, 2.24) is 9.88 Å². The second-order valence-corrected chi connectivity index (χ2v) is 5.67. The van der Waals surface area contributed by atoms with E-state index in [9.17, 15) is 4.79 Å². The minimum Gasteiger partial charge on any atom is -0.335 e. The number of pyridine rings is 1. The van der Waals surface area contributed by atoms with Crippen molar-refractivity contribution in [2.24, 2.45) is 0 Å². The van der Waals surface area contributed by atoms with Crippen molar-refractivity contribution < 1.29 is 4.79 Å². The van der Waals surface area contributed by atoms with Crippen LogP contribution in [0.15, 0.2) is 48.7 Å². The molecule has 1 fully saturated rings. The van der Waals surface area contributed by atoms with Gasteiger partial charge in [0.25, 0.3) is 5.91 Å². The molecule has 0 N–H and O–H groups in total. The molecule has 0 saturated carbocycles. The molecule has 2 heterocycles. The minimum absolute atomic E-state index is 0.112. The molecule has 1 aliphatic heterocycles. The Kier molecular flexibility index (Phi) is 4.00. The summed E-state index contributed by atoms with van der Waals surface area (Å²) in [6, 6.07) is 14.5. The number of hydrogen-bond donors (Lipinski definition) is 0. The van der Waals surface area contributed by atoms with Gasteiger partial charge in [-0.05, 0) is 43.9 Å². The van der Waals surface area contributed by atoms with Crippen molar-refractivity contribution in [3.05, 3.63) is 65.5 Å². The molecule has 1 amide bonds. The van der Waals surface area contributed by atoms with Crippen LogP contribution in [0, 0.1) is 6.92 Å². The first-order valence-electron chi connectivity index (χ1n) is 7.51. The summed E-state index contributed by atoms with van der Waals surface area (Å²) < 4.78 is 0. The summed E-state index contributed by atoms with van der Waals surface area (Å²) in [7, 11) is 0. The van der Waals surface area contributed by atoms with Crippen molar-refractivity contribution in [3.63, 3.8) is 0 Å². The van der Waals surface area contributed by atoms with Gasteiger partial charge in [-0.1, -0.05) is 30.3 Å².